The lowest BCUT2D eigenvalue weighted by Crippen LogP contribution is -2.26. The van der Waals surface area contributed by atoms with Gasteiger partial charge in [-0.2, -0.15) is 5.26 Å². The summed E-state index contributed by atoms with van der Waals surface area (Å²) in [6.07, 6.45) is 2.01. The molecule has 1 heterocycles. The Bertz CT molecular complexity index is 1010. The van der Waals surface area contributed by atoms with E-state index in [-0.39, 0.29) is 11.6 Å². The normalized spacial score (nSPS) is 10.0. The molecule has 3 rings (SSSR count). The molecule has 0 spiro atoms. The highest BCUT2D eigenvalue weighted by Gasteiger charge is 2.09. The molecule has 0 saturated heterocycles. The second kappa shape index (κ2) is 9.14. The van der Waals surface area contributed by atoms with Crippen LogP contribution in [-0.2, 0) is 6.42 Å². The SMILES string of the molecule is COc1cccc(CCNC(=O)c2cc(Nc3cccc(C#N)c3)ncn2)c1. The van der Waals surface area contributed by atoms with Crippen LogP contribution in [0.3, 0.4) is 0 Å². The van der Waals surface area contributed by atoms with Crippen molar-refractivity contribution in [2.45, 2.75) is 6.42 Å². The van der Waals surface area contributed by atoms with Crippen LogP contribution in [0.2, 0.25) is 0 Å². The second-order valence-corrected chi connectivity index (χ2v) is 5.96. The van der Waals surface area contributed by atoms with E-state index in [4.69, 9.17) is 10.00 Å². The standard InChI is InChI=1S/C21H19N5O2/c1-28-18-7-3-4-15(11-18)8-9-23-21(27)19-12-20(25-14-24-19)26-17-6-2-5-16(10-17)13-22/h2-7,10-12,14H,8-9H2,1H3,(H,23,27)(H,24,25,26). The maximum absolute atomic E-state index is 12.4. The molecular weight excluding hydrogens is 354 g/mol. The van der Waals surface area contributed by atoms with Crippen molar-refractivity contribution in [2.75, 3.05) is 19.0 Å². The van der Waals surface area contributed by atoms with Gasteiger partial charge in [0.2, 0.25) is 0 Å². The fraction of sp³-hybridized carbons (Fsp3) is 0.143. The van der Waals surface area contributed by atoms with Gasteiger partial charge < -0.3 is 15.4 Å². The third-order valence-corrected chi connectivity index (χ3v) is 4.00. The molecule has 28 heavy (non-hydrogen) atoms. The van der Waals surface area contributed by atoms with E-state index in [0.29, 0.717) is 30.0 Å². The van der Waals surface area contributed by atoms with Crippen LogP contribution in [0, 0.1) is 11.3 Å². The topological polar surface area (TPSA) is 99.9 Å². The summed E-state index contributed by atoms with van der Waals surface area (Å²) < 4.78 is 5.20. The maximum atomic E-state index is 12.4. The minimum Gasteiger partial charge on any atom is -0.497 e. The van der Waals surface area contributed by atoms with Crippen LogP contribution in [0.15, 0.2) is 60.9 Å². The van der Waals surface area contributed by atoms with E-state index in [0.717, 1.165) is 11.3 Å². The molecule has 1 amide bonds. The molecule has 1 aromatic heterocycles. The molecule has 7 heteroatoms. The summed E-state index contributed by atoms with van der Waals surface area (Å²) >= 11 is 0. The number of hydrogen-bond donors (Lipinski definition) is 2. The first-order valence-electron chi connectivity index (χ1n) is 8.68. The van der Waals surface area contributed by atoms with Crippen LogP contribution in [0.5, 0.6) is 5.75 Å². The number of rotatable bonds is 7. The van der Waals surface area contributed by atoms with Crippen molar-refractivity contribution in [1.29, 1.82) is 5.26 Å². The predicted molar refractivity (Wildman–Crippen MR) is 106 cm³/mol. The number of nitrogens with one attached hydrogen (secondary N) is 2. The van der Waals surface area contributed by atoms with E-state index in [1.54, 1.807) is 31.4 Å². The fourth-order valence-corrected chi connectivity index (χ4v) is 2.60. The van der Waals surface area contributed by atoms with Crippen molar-refractivity contribution in [3.05, 3.63) is 77.7 Å². The Morgan fingerprint density at radius 1 is 1.14 bits per heavy atom. The highest BCUT2D eigenvalue weighted by atomic mass is 16.5. The number of amides is 1. The molecule has 0 aliphatic heterocycles. The third kappa shape index (κ3) is 5.05. The van der Waals surface area contributed by atoms with E-state index in [9.17, 15) is 4.79 Å². The first-order chi connectivity index (χ1) is 13.7. The van der Waals surface area contributed by atoms with Gasteiger partial charge in [-0.15, -0.1) is 0 Å². The highest BCUT2D eigenvalue weighted by Crippen LogP contribution is 2.16. The fourth-order valence-electron chi connectivity index (χ4n) is 2.60. The lowest BCUT2D eigenvalue weighted by atomic mass is 10.1. The minimum absolute atomic E-state index is 0.264. The van der Waals surface area contributed by atoms with E-state index in [1.807, 2.05) is 30.3 Å². The van der Waals surface area contributed by atoms with Crippen molar-refractivity contribution in [1.82, 2.24) is 15.3 Å². The summed E-state index contributed by atoms with van der Waals surface area (Å²) in [5.41, 5.74) is 2.58. The third-order valence-electron chi connectivity index (χ3n) is 4.00. The zero-order valence-electron chi connectivity index (χ0n) is 15.3. The number of carbonyl (C=O) groups excluding carboxylic acids is 1. The summed E-state index contributed by atoms with van der Waals surface area (Å²) in [5.74, 6) is 0.984. The molecule has 0 radical (unpaired) electrons. The molecule has 0 aliphatic rings. The van der Waals surface area contributed by atoms with Gasteiger partial charge in [0.15, 0.2) is 0 Å². The van der Waals surface area contributed by atoms with Gasteiger partial charge in [0, 0.05) is 18.3 Å². The average molecular weight is 373 g/mol. The quantitative estimate of drug-likeness (QED) is 0.660. The lowest BCUT2D eigenvalue weighted by Gasteiger charge is -2.08. The van der Waals surface area contributed by atoms with Crippen molar-refractivity contribution < 1.29 is 9.53 Å². The van der Waals surface area contributed by atoms with Crippen LogP contribution < -0.4 is 15.4 Å². The van der Waals surface area contributed by atoms with Gasteiger partial charge in [0.05, 0.1) is 18.7 Å². The summed E-state index contributed by atoms with van der Waals surface area (Å²) in [6.45, 7) is 0.475. The smallest absolute Gasteiger partial charge is 0.270 e. The van der Waals surface area contributed by atoms with Gasteiger partial charge in [0.25, 0.3) is 5.91 Å². The van der Waals surface area contributed by atoms with Crippen LogP contribution in [0.4, 0.5) is 11.5 Å². The van der Waals surface area contributed by atoms with E-state index < -0.39 is 0 Å². The van der Waals surface area contributed by atoms with Gasteiger partial charge in [0.1, 0.15) is 23.6 Å². The number of ether oxygens (including phenoxy) is 1. The van der Waals surface area contributed by atoms with Crippen LogP contribution in [0.25, 0.3) is 0 Å². The van der Waals surface area contributed by atoms with E-state index in [1.165, 1.54) is 6.33 Å². The van der Waals surface area contributed by atoms with Crippen LogP contribution >= 0.6 is 0 Å². The molecule has 2 aromatic carbocycles. The first kappa shape index (κ1) is 18.9. The molecule has 3 aromatic rings. The summed E-state index contributed by atoms with van der Waals surface area (Å²) in [6, 6.07) is 18.4. The largest absolute Gasteiger partial charge is 0.497 e. The Morgan fingerprint density at radius 2 is 2.00 bits per heavy atom. The Morgan fingerprint density at radius 3 is 2.82 bits per heavy atom. The molecule has 7 nitrogen and oxygen atoms in total. The molecule has 0 saturated carbocycles. The van der Waals surface area contributed by atoms with Crippen LogP contribution in [0.1, 0.15) is 21.6 Å². The zero-order chi connectivity index (χ0) is 19.8. The molecule has 2 N–H and O–H groups in total. The molecule has 140 valence electrons. The molecule has 0 unspecified atom stereocenters. The second-order valence-electron chi connectivity index (χ2n) is 5.96. The lowest BCUT2D eigenvalue weighted by molar-refractivity contribution is 0.0949. The van der Waals surface area contributed by atoms with Gasteiger partial charge >= 0.3 is 0 Å². The number of anilines is 2. The summed E-state index contributed by atoms with van der Waals surface area (Å²) in [7, 11) is 1.62. The number of hydrogen-bond acceptors (Lipinski definition) is 6. The molecule has 0 atom stereocenters. The Balaban J connectivity index is 1.59. The zero-order valence-corrected chi connectivity index (χ0v) is 15.3. The first-order valence-corrected chi connectivity index (χ1v) is 8.68. The number of benzene rings is 2. The van der Waals surface area contributed by atoms with Crippen LogP contribution in [-0.4, -0.2) is 29.5 Å². The minimum atomic E-state index is -0.279. The molecule has 0 aliphatic carbocycles. The van der Waals surface area contributed by atoms with Crippen molar-refractivity contribution in [3.63, 3.8) is 0 Å². The van der Waals surface area contributed by atoms with Crippen molar-refractivity contribution in [3.8, 4) is 11.8 Å². The Labute approximate surface area is 163 Å². The Kier molecular flexibility index (Phi) is 6.16. The average Bonchev–Trinajstić information content (AvgIpc) is 2.74. The van der Waals surface area contributed by atoms with E-state index in [2.05, 4.69) is 26.7 Å². The summed E-state index contributed by atoms with van der Waals surface area (Å²) in [5, 5.41) is 14.9. The Hall–Kier alpha value is -3.92. The van der Waals surface area contributed by atoms with Crippen molar-refractivity contribution >= 4 is 17.4 Å². The number of nitrogens with zero attached hydrogens (tertiary/aromatic N) is 3. The highest BCUT2D eigenvalue weighted by molar-refractivity contribution is 5.92. The maximum Gasteiger partial charge on any atom is 0.270 e. The number of methoxy groups -OCH3 is 1. The molecule has 0 fully saturated rings. The number of nitriles is 1. The predicted octanol–water partition coefficient (Wildman–Crippen LogP) is 3.07. The number of carbonyl (C=O) groups is 1. The van der Waals surface area contributed by atoms with Gasteiger partial charge in [-0.3, -0.25) is 4.79 Å². The van der Waals surface area contributed by atoms with Gasteiger partial charge in [-0.05, 0) is 42.3 Å². The summed E-state index contributed by atoms with van der Waals surface area (Å²) in [4.78, 5) is 20.5. The number of aromatic nitrogens is 2. The van der Waals surface area contributed by atoms with Crippen molar-refractivity contribution in [2.24, 2.45) is 0 Å². The van der Waals surface area contributed by atoms with E-state index >= 15 is 0 Å². The monoisotopic (exact) mass is 373 g/mol. The van der Waals surface area contributed by atoms with Gasteiger partial charge in [-0.25, -0.2) is 9.97 Å². The van der Waals surface area contributed by atoms with Gasteiger partial charge in [-0.1, -0.05) is 18.2 Å². The molecular formula is C21H19N5O2. The molecule has 0 bridgehead atoms.